The van der Waals surface area contributed by atoms with Crippen LogP contribution in [-0.2, 0) is 11.2 Å². The Hall–Kier alpha value is -2.33. The van der Waals surface area contributed by atoms with Gasteiger partial charge in [0.05, 0.1) is 7.11 Å². The molecule has 4 nitrogen and oxygen atoms in total. The minimum Gasteiger partial charge on any atom is -0.496 e. The number of aryl methyl sites for hydroxylation is 1. The molecular formula is C18H22N2O2. The molecule has 0 radical (unpaired) electrons. The predicted octanol–water partition coefficient (Wildman–Crippen LogP) is 2.36. The number of hydrogen-bond donors (Lipinski definition) is 2. The Morgan fingerprint density at radius 1 is 1.23 bits per heavy atom. The van der Waals surface area contributed by atoms with E-state index in [1.807, 2.05) is 49.4 Å². The molecular weight excluding hydrogens is 276 g/mol. The van der Waals surface area contributed by atoms with Crippen LogP contribution in [0.3, 0.4) is 0 Å². The summed E-state index contributed by atoms with van der Waals surface area (Å²) < 4.78 is 5.34. The fourth-order valence-corrected chi connectivity index (χ4v) is 2.34. The van der Waals surface area contributed by atoms with E-state index in [9.17, 15) is 4.79 Å². The van der Waals surface area contributed by atoms with Gasteiger partial charge >= 0.3 is 0 Å². The minimum absolute atomic E-state index is 0.169. The number of carbonyl (C=O) groups is 1. The lowest BCUT2D eigenvalue weighted by Gasteiger charge is -2.14. The molecule has 0 saturated carbocycles. The summed E-state index contributed by atoms with van der Waals surface area (Å²) in [5.41, 5.74) is 9.02. The number of carbonyl (C=O) groups excluding carboxylic acids is 1. The van der Waals surface area contributed by atoms with Crippen molar-refractivity contribution in [3.63, 3.8) is 0 Å². The molecule has 0 fully saturated rings. The van der Waals surface area contributed by atoms with Crippen LogP contribution >= 0.6 is 0 Å². The molecule has 0 aliphatic heterocycles. The molecule has 0 heterocycles. The Bertz CT molecular complexity index is 626. The lowest BCUT2D eigenvalue weighted by atomic mass is 10.1. The highest BCUT2D eigenvalue weighted by molar-refractivity contribution is 5.82. The van der Waals surface area contributed by atoms with Gasteiger partial charge in [-0.3, -0.25) is 4.79 Å². The predicted molar refractivity (Wildman–Crippen MR) is 87.8 cm³/mol. The number of ether oxygens (including phenoxy) is 1. The van der Waals surface area contributed by atoms with Crippen LogP contribution in [0.4, 0.5) is 0 Å². The largest absolute Gasteiger partial charge is 0.496 e. The summed E-state index contributed by atoms with van der Waals surface area (Å²) in [6.45, 7) is 2.56. The van der Waals surface area contributed by atoms with Gasteiger partial charge in [0.1, 0.15) is 11.8 Å². The van der Waals surface area contributed by atoms with Crippen LogP contribution in [0, 0.1) is 6.92 Å². The van der Waals surface area contributed by atoms with E-state index >= 15 is 0 Å². The van der Waals surface area contributed by atoms with Crippen molar-refractivity contribution in [2.24, 2.45) is 5.73 Å². The van der Waals surface area contributed by atoms with Gasteiger partial charge < -0.3 is 15.8 Å². The maximum atomic E-state index is 12.1. The van der Waals surface area contributed by atoms with Crippen LogP contribution in [0.1, 0.15) is 22.7 Å². The Labute approximate surface area is 131 Å². The molecule has 4 heteroatoms. The van der Waals surface area contributed by atoms with Crippen molar-refractivity contribution in [2.45, 2.75) is 19.4 Å². The van der Waals surface area contributed by atoms with Gasteiger partial charge in [-0.25, -0.2) is 0 Å². The third-order valence-electron chi connectivity index (χ3n) is 3.57. The van der Waals surface area contributed by atoms with Crippen molar-refractivity contribution >= 4 is 5.91 Å². The highest BCUT2D eigenvalue weighted by Crippen LogP contribution is 2.19. The zero-order valence-electron chi connectivity index (χ0n) is 13.0. The topological polar surface area (TPSA) is 64.3 Å². The summed E-state index contributed by atoms with van der Waals surface area (Å²) in [5, 5.41) is 2.88. The highest BCUT2D eigenvalue weighted by atomic mass is 16.5. The Morgan fingerprint density at radius 3 is 2.64 bits per heavy atom. The fraction of sp³-hybridized carbons (Fsp3) is 0.278. The number of methoxy groups -OCH3 is 1. The van der Waals surface area contributed by atoms with Gasteiger partial charge in [0.2, 0.25) is 5.91 Å². The average molecular weight is 298 g/mol. The summed E-state index contributed by atoms with van der Waals surface area (Å²) in [7, 11) is 1.65. The quantitative estimate of drug-likeness (QED) is 0.860. The van der Waals surface area contributed by atoms with E-state index in [0.29, 0.717) is 13.0 Å². The first-order valence-electron chi connectivity index (χ1n) is 7.33. The third-order valence-corrected chi connectivity index (χ3v) is 3.57. The van der Waals surface area contributed by atoms with Crippen molar-refractivity contribution in [2.75, 3.05) is 13.7 Å². The van der Waals surface area contributed by atoms with E-state index in [4.69, 9.17) is 10.5 Å². The molecule has 3 N–H and O–H groups in total. The number of nitrogens with two attached hydrogens (primary N) is 1. The van der Waals surface area contributed by atoms with Gasteiger partial charge in [-0.05, 0) is 30.5 Å². The van der Waals surface area contributed by atoms with Gasteiger partial charge in [0.25, 0.3) is 0 Å². The molecule has 116 valence electrons. The Kier molecular flexibility index (Phi) is 5.55. The lowest BCUT2D eigenvalue weighted by Crippen LogP contribution is -2.35. The van der Waals surface area contributed by atoms with Gasteiger partial charge in [-0.1, -0.05) is 48.0 Å². The Balaban J connectivity index is 1.91. The minimum atomic E-state index is -0.638. The zero-order chi connectivity index (χ0) is 15.9. The molecule has 0 aliphatic carbocycles. The third kappa shape index (κ3) is 4.09. The van der Waals surface area contributed by atoms with E-state index in [-0.39, 0.29) is 5.91 Å². The van der Waals surface area contributed by atoms with Crippen molar-refractivity contribution in [1.29, 1.82) is 0 Å². The van der Waals surface area contributed by atoms with Crippen LogP contribution in [0.2, 0.25) is 0 Å². The molecule has 0 bridgehead atoms. The van der Waals surface area contributed by atoms with E-state index < -0.39 is 6.04 Å². The second kappa shape index (κ2) is 7.61. The van der Waals surface area contributed by atoms with Crippen molar-refractivity contribution in [3.8, 4) is 5.75 Å². The maximum absolute atomic E-state index is 12.1. The number of benzene rings is 2. The molecule has 2 aromatic rings. The second-order valence-corrected chi connectivity index (χ2v) is 5.24. The first kappa shape index (κ1) is 16.0. The summed E-state index contributed by atoms with van der Waals surface area (Å²) in [6.07, 6.45) is 0.706. The summed E-state index contributed by atoms with van der Waals surface area (Å²) >= 11 is 0. The molecule has 22 heavy (non-hydrogen) atoms. The highest BCUT2D eigenvalue weighted by Gasteiger charge is 2.14. The molecule has 0 aromatic heterocycles. The summed E-state index contributed by atoms with van der Waals surface area (Å²) in [6, 6.07) is 14.7. The van der Waals surface area contributed by atoms with E-state index in [2.05, 4.69) is 11.4 Å². The van der Waals surface area contributed by atoms with Crippen LogP contribution in [-0.4, -0.2) is 19.6 Å². The molecule has 0 aliphatic rings. The summed E-state index contributed by atoms with van der Waals surface area (Å²) in [5.74, 6) is 0.671. The molecule has 1 atom stereocenters. The monoisotopic (exact) mass is 298 g/mol. The second-order valence-electron chi connectivity index (χ2n) is 5.24. The Morgan fingerprint density at radius 2 is 1.95 bits per heavy atom. The van der Waals surface area contributed by atoms with Crippen LogP contribution in [0.15, 0.2) is 48.5 Å². The number of amides is 1. The SMILES string of the molecule is COc1ccc(C)cc1CCNC(=O)C(N)c1ccccc1. The fourth-order valence-electron chi connectivity index (χ4n) is 2.34. The van der Waals surface area contributed by atoms with Gasteiger partial charge in [-0.2, -0.15) is 0 Å². The molecule has 2 rings (SSSR count). The molecule has 1 amide bonds. The van der Waals surface area contributed by atoms with Crippen LogP contribution in [0.5, 0.6) is 5.75 Å². The lowest BCUT2D eigenvalue weighted by molar-refractivity contribution is -0.122. The first-order valence-corrected chi connectivity index (χ1v) is 7.33. The van der Waals surface area contributed by atoms with E-state index in [1.54, 1.807) is 7.11 Å². The molecule has 1 unspecified atom stereocenters. The van der Waals surface area contributed by atoms with Crippen LogP contribution < -0.4 is 15.8 Å². The van der Waals surface area contributed by atoms with Gasteiger partial charge in [0.15, 0.2) is 0 Å². The van der Waals surface area contributed by atoms with Gasteiger partial charge in [0, 0.05) is 6.54 Å². The molecule has 0 spiro atoms. The van der Waals surface area contributed by atoms with Crippen LogP contribution in [0.25, 0.3) is 0 Å². The number of rotatable bonds is 6. The van der Waals surface area contributed by atoms with Crippen molar-refractivity contribution in [1.82, 2.24) is 5.32 Å². The number of nitrogens with one attached hydrogen (secondary N) is 1. The van der Waals surface area contributed by atoms with Gasteiger partial charge in [-0.15, -0.1) is 0 Å². The zero-order valence-corrected chi connectivity index (χ0v) is 13.0. The molecule has 2 aromatic carbocycles. The molecule has 0 saturated heterocycles. The first-order chi connectivity index (χ1) is 10.6. The summed E-state index contributed by atoms with van der Waals surface area (Å²) in [4.78, 5) is 12.1. The number of hydrogen-bond acceptors (Lipinski definition) is 3. The van der Waals surface area contributed by atoms with E-state index in [1.165, 1.54) is 5.56 Å². The van der Waals surface area contributed by atoms with Crippen molar-refractivity contribution < 1.29 is 9.53 Å². The standard InChI is InChI=1S/C18H22N2O2/c1-13-8-9-16(22-2)15(12-13)10-11-20-18(21)17(19)14-6-4-3-5-7-14/h3-9,12,17H,10-11,19H2,1-2H3,(H,20,21). The average Bonchev–Trinajstić information content (AvgIpc) is 2.55. The maximum Gasteiger partial charge on any atom is 0.241 e. The van der Waals surface area contributed by atoms with Crippen molar-refractivity contribution in [3.05, 3.63) is 65.2 Å². The smallest absolute Gasteiger partial charge is 0.241 e. The van der Waals surface area contributed by atoms with E-state index in [0.717, 1.165) is 16.9 Å². The normalized spacial score (nSPS) is 11.8.